The molecule has 0 saturated heterocycles. The van der Waals surface area contributed by atoms with E-state index < -0.39 is 0 Å². The lowest BCUT2D eigenvalue weighted by atomic mass is 10.2. The molecule has 17 heavy (non-hydrogen) atoms. The van der Waals surface area contributed by atoms with Crippen molar-refractivity contribution in [2.75, 3.05) is 0 Å². The van der Waals surface area contributed by atoms with E-state index in [1.165, 1.54) is 11.3 Å². The van der Waals surface area contributed by atoms with Crippen LogP contribution in [0, 0.1) is 3.57 Å². The van der Waals surface area contributed by atoms with Gasteiger partial charge in [-0.25, -0.2) is 9.97 Å². The van der Waals surface area contributed by atoms with Crippen molar-refractivity contribution in [2.45, 2.75) is 0 Å². The largest absolute Gasteiger partial charge is 0.252 e. The molecule has 2 aromatic heterocycles. The Labute approximate surface area is 120 Å². The van der Waals surface area contributed by atoms with Gasteiger partial charge in [0, 0.05) is 15.2 Å². The Hall–Kier alpha value is -0.790. The van der Waals surface area contributed by atoms with Gasteiger partial charge in [-0.2, -0.15) is 0 Å². The van der Waals surface area contributed by atoms with Crippen LogP contribution in [-0.4, -0.2) is 15.0 Å². The first-order valence-corrected chi connectivity index (χ1v) is 7.09. The van der Waals surface area contributed by atoms with Crippen molar-refractivity contribution >= 4 is 56.4 Å². The van der Waals surface area contributed by atoms with Gasteiger partial charge in [0.05, 0.1) is 15.9 Å². The van der Waals surface area contributed by atoms with E-state index in [2.05, 4.69) is 37.5 Å². The lowest BCUT2D eigenvalue weighted by molar-refractivity contribution is 1.23. The molecule has 0 aliphatic carbocycles. The molecule has 0 N–H and O–H groups in total. The van der Waals surface area contributed by atoms with Gasteiger partial charge in [-0.1, -0.05) is 11.6 Å². The van der Waals surface area contributed by atoms with Crippen molar-refractivity contribution in [3.05, 3.63) is 38.6 Å². The summed E-state index contributed by atoms with van der Waals surface area (Å²) in [4.78, 5) is 13.7. The molecule has 2 heterocycles. The van der Waals surface area contributed by atoms with E-state index in [1.807, 2.05) is 18.2 Å². The van der Waals surface area contributed by atoms with Gasteiger partial charge in [0.25, 0.3) is 0 Å². The topological polar surface area (TPSA) is 38.7 Å². The molecule has 3 aromatic rings. The molecule has 0 amide bonds. The van der Waals surface area contributed by atoms with Crippen molar-refractivity contribution in [3.63, 3.8) is 0 Å². The molecule has 0 unspecified atom stereocenters. The number of thiazole rings is 1. The smallest absolute Gasteiger partial charge is 0.173 e. The lowest BCUT2D eigenvalue weighted by Gasteiger charge is -2.02. The minimum Gasteiger partial charge on any atom is -0.252 e. The van der Waals surface area contributed by atoms with Crippen LogP contribution in [0.15, 0.2) is 29.9 Å². The van der Waals surface area contributed by atoms with Gasteiger partial charge >= 0.3 is 0 Å². The summed E-state index contributed by atoms with van der Waals surface area (Å²) >= 11 is 9.92. The molecule has 84 valence electrons. The fraction of sp³-hybridized carbons (Fsp3) is 0. The molecule has 3 nitrogen and oxygen atoms in total. The Kier molecular flexibility index (Phi) is 2.97. The first-order valence-electron chi connectivity index (χ1n) is 4.76. The average Bonchev–Trinajstić information content (AvgIpc) is 2.83. The second-order valence-corrected chi connectivity index (χ2v) is 5.86. The Morgan fingerprint density at radius 3 is 2.88 bits per heavy atom. The highest BCUT2D eigenvalue weighted by Crippen LogP contribution is 2.27. The third-order valence-corrected chi connectivity index (χ3v) is 3.99. The van der Waals surface area contributed by atoms with Crippen LogP contribution in [0.2, 0.25) is 5.15 Å². The highest BCUT2D eigenvalue weighted by Gasteiger charge is 2.09. The maximum Gasteiger partial charge on any atom is 0.173 e. The number of fused-ring (bicyclic) bond motifs is 1. The molecule has 1 aromatic carbocycles. The van der Waals surface area contributed by atoms with E-state index >= 15 is 0 Å². The number of halogens is 2. The SMILES string of the molecule is Clc1nc(-c2cncs2)nc2ccc(I)cc12. The minimum atomic E-state index is 0.483. The summed E-state index contributed by atoms with van der Waals surface area (Å²) in [5.74, 6) is 0.631. The quantitative estimate of drug-likeness (QED) is 0.478. The van der Waals surface area contributed by atoms with E-state index in [-0.39, 0.29) is 0 Å². The van der Waals surface area contributed by atoms with Crippen molar-refractivity contribution in [1.82, 2.24) is 15.0 Å². The molecular formula is C11H5ClIN3S. The number of hydrogen-bond donors (Lipinski definition) is 0. The maximum atomic E-state index is 6.18. The van der Waals surface area contributed by atoms with Crippen LogP contribution in [0.25, 0.3) is 21.6 Å². The number of aromatic nitrogens is 3. The molecule has 6 heteroatoms. The van der Waals surface area contributed by atoms with Gasteiger partial charge in [0.2, 0.25) is 0 Å². The highest BCUT2D eigenvalue weighted by molar-refractivity contribution is 14.1. The fourth-order valence-corrected chi connectivity index (χ4v) is 2.78. The van der Waals surface area contributed by atoms with Gasteiger partial charge in [0.15, 0.2) is 5.82 Å². The molecule has 0 atom stereocenters. The maximum absolute atomic E-state index is 6.18. The average molecular weight is 374 g/mol. The third kappa shape index (κ3) is 2.14. The standard InChI is InChI=1S/C11H5ClIN3S/c12-10-7-3-6(13)1-2-8(7)15-11(16-10)9-4-14-5-17-9/h1-5H. The van der Waals surface area contributed by atoms with Gasteiger partial charge in [-0.3, -0.25) is 4.98 Å². The monoisotopic (exact) mass is 373 g/mol. The predicted octanol–water partition coefficient (Wildman–Crippen LogP) is 4.01. The van der Waals surface area contributed by atoms with Crippen LogP contribution in [-0.2, 0) is 0 Å². The minimum absolute atomic E-state index is 0.483. The molecule has 0 aliphatic rings. The second-order valence-electron chi connectivity index (χ2n) is 3.37. The summed E-state index contributed by atoms with van der Waals surface area (Å²) in [5.41, 5.74) is 2.61. The summed E-state index contributed by atoms with van der Waals surface area (Å²) in [6.07, 6.45) is 1.74. The van der Waals surface area contributed by atoms with Gasteiger partial charge in [0.1, 0.15) is 5.15 Å². The summed E-state index contributed by atoms with van der Waals surface area (Å²) in [7, 11) is 0. The Balaban J connectivity index is 2.28. The molecular weight excluding hydrogens is 369 g/mol. The van der Waals surface area contributed by atoms with Gasteiger partial charge in [-0.15, -0.1) is 11.3 Å². The van der Waals surface area contributed by atoms with Crippen LogP contribution in [0.1, 0.15) is 0 Å². The fourth-order valence-electron chi connectivity index (χ4n) is 1.50. The summed E-state index contributed by atoms with van der Waals surface area (Å²) < 4.78 is 1.12. The molecule has 3 rings (SSSR count). The Morgan fingerprint density at radius 2 is 2.12 bits per heavy atom. The van der Waals surface area contributed by atoms with Crippen molar-refractivity contribution < 1.29 is 0 Å². The Bertz CT molecular complexity index is 684. The number of rotatable bonds is 1. The number of nitrogens with zero attached hydrogens (tertiary/aromatic N) is 3. The van der Waals surface area contributed by atoms with Crippen LogP contribution in [0.4, 0.5) is 0 Å². The number of benzene rings is 1. The molecule has 0 fully saturated rings. The summed E-state index contributed by atoms with van der Waals surface area (Å²) in [6, 6.07) is 5.94. The van der Waals surface area contributed by atoms with E-state index in [9.17, 15) is 0 Å². The zero-order valence-electron chi connectivity index (χ0n) is 8.39. The van der Waals surface area contributed by atoms with E-state index in [0.717, 1.165) is 19.4 Å². The van der Waals surface area contributed by atoms with E-state index in [1.54, 1.807) is 11.7 Å². The lowest BCUT2D eigenvalue weighted by Crippen LogP contribution is -1.90. The highest BCUT2D eigenvalue weighted by atomic mass is 127. The van der Waals surface area contributed by atoms with Crippen LogP contribution >= 0.6 is 45.5 Å². The van der Waals surface area contributed by atoms with E-state index in [4.69, 9.17) is 11.6 Å². The van der Waals surface area contributed by atoms with Gasteiger partial charge < -0.3 is 0 Å². The van der Waals surface area contributed by atoms with Gasteiger partial charge in [-0.05, 0) is 40.8 Å². The normalized spacial score (nSPS) is 10.9. The van der Waals surface area contributed by atoms with Crippen molar-refractivity contribution in [3.8, 4) is 10.7 Å². The zero-order chi connectivity index (χ0) is 11.8. The van der Waals surface area contributed by atoms with Crippen molar-refractivity contribution in [2.24, 2.45) is 0 Å². The van der Waals surface area contributed by atoms with E-state index in [0.29, 0.717) is 11.0 Å². The second kappa shape index (κ2) is 4.47. The Morgan fingerprint density at radius 1 is 1.24 bits per heavy atom. The molecule has 0 radical (unpaired) electrons. The van der Waals surface area contributed by atoms with Crippen LogP contribution in [0.5, 0.6) is 0 Å². The predicted molar refractivity (Wildman–Crippen MR) is 78.4 cm³/mol. The zero-order valence-corrected chi connectivity index (χ0v) is 12.1. The molecule has 0 spiro atoms. The summed E-state index contributed by atoms with van der Waals surface area (Å²) in [6.45, 7) is 0. The van der Waals surface area contributed by atoms with Crippen molar-refractivity contribution in [1.29, 1.82) is 0 Å². The van der Waals surface area contributed by atoms with Crippen LogP contribution in [0.3, 0.4) is 0 Å². The number of hydrogen-bond acceptors (Lipinski definition) is 4. The molecule has 0 aliphatic heterocycles. The van der Waals surface area contributed by atoms with Crippen LogP contribution < -0.4 is 0 Å². The first kappa shape index (κ1) is 11.3. The molecule has 0 bridgehead atoms. The summed E-state index contributed by atoms with van der Waals surface area (Å²) in [5, 5.41) is 1.36. The third-order valence-electron chi connectivity index (χ3n) is 2.26. The first-order chi connectivity index (χ1) is 8.24. The molecule has 0 saturated carbocycles.